The van der Waals surface area contributed by atoms with Crippen LogP contribution in [0.4, 0.5) is 0 Å². The summed E-state index contributed by atoms with van der Waals surface area (Å²) in [4.78, 5) is 0. The molecule has 0 spiro atoms. The Labute approximate surface area is 794 Å². The SMILES string of the molecule is CCCCCCCCCCCCn1cc(COc2cc3c4cc(OCc5cn(CCCCCCCCCCCC)nn5)c(OCc5cn(CCCCCCCCCCCC)nn5)cc4c4cc(OCc5cn(CCCCCCCCCCCC)nn5)c(OCc5cn(CCCCCCCCCCCC)nn5)cc4c3cc2OCc2cn(CCCCCCCCCCCC)nn2)nn1. The minimum atomic E-state index is 0.145. The molecule has 24 nitrogen and oxygen atoms in total. The van der Waals surface area contributed by atoms with Crippen LogP contribution in [0.2, 0.25) is 0 Å². The summed E-state index contributed by atoms with van der Waals surface area (Å²) in [5, 5.41) is 61.3. The molecule has 0 aliphatic rings. The largest absolute Gasteiger partial charge is 0.483 e. The van der Waals surface area contributed by atoms with Gasteiger partial charge in [0.15, 0.2) is 34.5 Å². The molecule has 0 saturated carbocycles. The van der Waals surface area contributed by atoms with E-state index >= 15 is 0 Å². The second-order valence-corrected chi connectivity index (χ2v) is 38.2. The maximum atomic E-state index is 7.08. The van der Waals surface area contributed by atoms with Crippen LogP contribution in [-0.4, -0.2) is 90.0 Å². The summed E-state index contributed by atoms with van der Waals surface area (Å²) in [6, 6.07) is 12.6. The van der Waals surface area contributed by atoms with Crippen molar-refractivity contribution in [3.05, 3.63) is 108 Å². The van der Waals surface area contributed by atoms with Crippen molar-refractivity contribution in [2.45, 2.75) is 506 Å². The summed E-state index contributed by atoms with van der Waals surface area (Å²) < 4.78 is 54.3. The zero-order valence-electron chi connectivity index (χ0n) is 83.3. The maximum absolute atomic E-state index is 7.08. The third-order valence-electron chi connectivity index (χ3n) is 26.3. The van der Waals surface area contributed by atoms with Gasteiger partial charge in [-0.3, -0.25) is 28.1 Å². The number of aryl methyl sites for hydroxylation is 6. The average Bonchev–Trinajstić information content (AvgIpc) is 1.17. The van der Waals surface area contributed by atoms with Gasteiger partial charge in [0, 0.05) is 39.3 Å². The number of unbranched alkanes of at least 4 members (excludes halogenated alkanes) is 54. The third-order valence-corrected chi connectivity index (χ3v) is 26.3. The number of fused-ring (bicyclic) bond motifs is 6. The van der Waals surface area contributed by atoms with Crippen LogP contribution in [0.3, 0.4) is 0 Å². The molecule has 6 heterocycles. The van der Waals surface area contributed by atoms with Crippen LogP contribution in [0, 0.1) is 0 Å². The van der Waals surface area contributed by atoms with Gasteiger partial charge < -0.3 is 28.4 Å². The van der Waals surface area contributed by atoms with Gasteiger partial charge in [0.2, 0.25) is 0 Å². The van der Waals surface area contributed by atoms with Gasteiger partial charge in [-0.25, -0.2) is 0 Å². The molecule has 24 heteroatoms. The quantitative estimate of drug-likeness (QED) is 0.0254. The first-order valence-electron chi connectivity index (χ1n) is 54.0. The highest BCUT2D eigenvalue weighted by Gasteiger charge is 2.24. The lowest BCUT2D eigenvalue weighted by atomic mass is 9.93. The number of nitrogens with zero attached hydrogens (tertiary/aromatic N) is 18. The van der Waals surface area contributed by atoms with Crippen LogP contribution in [0.1, 0.15) is 461 Å². The van der Waals surface area contributed by atoms with Gasteiger partial charge in [0.25, 0.3) is 0 Å². The molecule has 10 aromatic rings. The highest BCUT2D eigenvalue weighted by Crippen LogP contribution is 2.48. The Morgan fingerprint density at radius 1 is 0.159 bits per heavy atom. The smallest absolute Gasteiger partial charge is 0.162 e. The van der Waals surface area contributed by atoms with Crippen LogP contribution >= 0.6 is 0 Å². The Morgan fingerprint density at radius 2 is 0.273 bits per heavy atom. The second kappa shape index (κ2) is 65.9. The minimum Gasteiger partial charge on any atom is -0.483 e. The molecule has 0 aliphatic carbocycles. The van der Waals surface area contributed by atoms with E-state index < -0.39 is 0 Å². The van der Waals surface area contributed by atoms with Gasteiger partial charge in [-0.2, -0.15) is 0 Å². The normalized spacial score (nSPS) is 11.8. The van der Waals surface area contributed by atoms with Gasteiger partial charge in [0.1, 0.15) is 73.8 Å². The molecule has 732 valence electrons. The lowest BCUT2D eigenvalue weighted by Crippen LogP contribution is -2.04. The number of hydrogen-bond acceptors (Lipinski definition) is 18. The van der Waals surface area contributed by atoms with Gasteiger partial charge in [-0.1, -0.05) is 420 Å². The van der Waals surface area contributed by atoms with Crippen LogP contribution < -0.4 is 28.4 Å². The molecule has 132 heavy (non-hydrogen) atoms. The molecule has 0 unspecified atom stereocenters. The topological polar surface area (TPSA) is 240 Å². The number of aromatic nitrogens is 18. The summed E-state index contributed by atoms with van der Waals surface area (Å²) in [7, 11) is 0. The van der Waals surface area contributed by atoms with E-state index in [9.17, 15) is 0 Å². The van der Waals surface area contributed by atoms with Crippen LogP contribution in [0.5, 0.6) is 34.5 Å². The van der Waals surface area contributed by atoms with Gasteiger partial charge in [-0.05, 0) is 107 Å². The molecule has 10 rings (SSSR count). The van der Waals surface area contributed by atoms with E-state index in [0.29, 0.717) is 68.7 Å². The summed E-state index contributed by atoms with van der Waals surface area (Å²) >= 11 is 0. The molecule has 4 aromatic carbocycles. The van der Waals surface area contributed by atoms with E-state index in [0.717, 1.165) is 149 Å². The maximum Gasteiger partial charge on any atom is 0.162 e. The van der Waals surface area contributed by atoms with Crippen LogP contribution in [0.15, 0.2) is 73.6 Å². The Hall–Kier alpha value is -8.70. The van der Waals surface area contributed by atoms with Crippen molar-refractivity contribution in [1.29, 1.82) is 0 Å². The number of benzene rings is 4. The van der Waals surface area contributed by atoms with Gasteiger partial charge in [0.05, 0.1) is 37.2 Å². The first-order valence-corrected chi connectivity index (χ1v) is 54.0. The van der Waals surface area contributed by atoms with Crippen LogP contribution in [0.25, 0.3) is 32.3 Å². The third kappa shape index (κ3) is 40.9. The molecule has 0 aliphatic heterocycles. The highest BCUT2D eigenvalue weighted by atomic mass is 16.5. The summed E-state index contributed by atoms with van der Waals surface area (Å²) in [5.41, 5.74) is 4.29. The molecular weight excluding hydrogens is 1650 g/mol. The molecule has 0 N–H and O–H groups in total. The minimum absolute atomic E-state index is 0.145. The van der Waals surface area contributed by atoms with Crippen molar-refractivity contribution in [2.75, 3.05) is 0 Å². The summed E-state index contributed by atoms with van der Waals surface area (Å²) in [5.74, 6) is 3.12. The monoisotopic (exact) mass is 1820 g/mol. The van der Waals surface area contributed by atoms with Gasteiger partial charge >= 0.3 is 0 Å². The first-order chi connectivity index (χ1) is 65.3. The predicted octanol–water partition coefficient (Wildman–Crippen LogP) is 29.7. The van der Waals surface area contributed by atoms with Crippen molar-refractivity contribution >= 4 is 32.3 Å². The Balaban J connectivity index is 1.01. The van der Waals surface area contributed by atoms with E-state index in [-0.39, 0.29) is 39.6 Å². The molecular formula is C108H174N18O6. The van der Waals surface area contributed by atoms with E-state index in [1.54, 1.807) is 0 Å². The Bertz CT molecular complexity index is 3850. The van der Waals surface area contributed by atoms with E-state index in [4.69, 9.17) is 59.0 Å². The molecule has 0 amide bonds. The summed E-state index contributed by atoms with van der Waals surface area (Å²) in [6.45, 7) is 19.3. The predicted molar refractivity (Wildman–Crippen MR) is 536 cm³/mol. The fourth-order valence-corrected chi connectivity index (χ4v) is 18.3. The lowest BCUT2D eigenvalue weighted by molar-refractivity contribution is 0.252. The molecule has 6 aromatic heterocycles. The van der Waals surface area contributed by atoms with E-state index in [1.165, 1.54) is 308 Å². The standard InChI is InChI=1S/C108H174N18O6/c1-7-13-19-25-31-37-43-49-55-61-67-121-79-91(109-115-121)85-127-103-73-97-98(74-104(103)128-86-92-80-122(116-110-92)68-62-56-50-44-38-32-26-20-14-8-2)100-76-106(130-88-94-82-124(118-112-94)70-64-58-52-46-40-34-28-22-16-10-4)108(132-90-96-84-126(120-114-96)72-66-60-54-48-42-36-30-24-18-12-6)78-102(100)101-77-107(131-89-95-83-125(119-113-95)71-65-59-53-47-41-35-29-23-17-11-5)105(75-99(97)101)129-87-93-81-123(117-111-93)69-63-57-51-45-39-33-27-21-15-9-3/h73-84H,7-72,85-90H2,1-6H3. The van der Waals surface area contributed by atoms with Crippen LogP contribution in [-0.2, 0) is 78.9 Å². The van der Waals surface area contributed by atoms with Crippen molar-refractivity contribution in [3.63, 3.8) is 0 Å². The van der Waals surface area contributed by atoms with E-state index in [2.05, 4.69) is 109 Å². The second-order valence-electron chi connectivity index (χ2n) is 38.2. The fraction of sp³-hybridized carbons (Fsp3) is 0.722. The Morgan fingerprint density at radius 3 is 0.394 bits per heavy atom. The zero-order valence-corrected chi connectivity index (χ0v) is 83.3. The molecule has 0 atom stereocenters. The molecule has 0 bridgehead atoms. The van der Waals surface area contributed by atoms with Crippen molar-refractivity contribution in [3.8, 4) is 34.5 Å². The average molecular weight is 1820 g/mol. The number of hydrogen-bond donors (Lipinski definition) is 0. The van der Waals surface area contributed by atoms with Crippen molar-refractivity contribution in [2.24, 2.45) is 0 Å². The zero-order chi connectivity index (χ0) is 92.0. The number of ether oxygens (including phenoxy) is 6. The molecule has 0 saturated heterocycles. The Kier molecular flexibility index (Phi) is 52.6. The van der Waals surface area contributed by atoms with Crippen molar-refractivity contribution < 1.29 is 28.4 Å². The van der Waals surface area contributed by atoms with E-state index in [1.807, 2.05) is 65.3 Å². The number of rotatable bonds is 84. The first kappa shape index (κ1) is 105. The molecule has 0 radical (unpaired) electrons. The lowest BCUT2D eigenvalue weighted by Gasteiger charge is -2.20. The molecule has 0 fully saturated rings. The van der Waals surface area contributed by atoms with Gasteiger partial charge in [-0.15, -0.1) is 30.6 Å². The fourth-order valence-electron chi connectivity index (χ4n) is 18.3. The van der Waals surface area contributed by atoms with Crippen molar-refractivity contribution in [1.82, 2.24) is 90.0 Å². The highest BCUT2D eigenvalue weighted by molar-refractivity contribution is 6.27. The summed E-state index contributed by atoms with van der Waals surface area (Å²) in [6.07, 6.45) is 88.1.